The van der Waals surface area contributed by atoms with Gasteiger partial charge >= 0.3 is 0 Å². The third-order valence-electron chi connectivity index (χ3n) is 4.29. The van der Waals surface area contributed by atoms with Crippen LogP contribution in [0.3, 0.4) is 0 Å². The van der Waals surface area contributed by atoms with Gasteiger partial charge in [-0.15, -0.1) is 0 Å². The van der Waals surface area contributed by atoms with E-state index in [0.717, 1.165) is 18.5 Å². The van der Waals surface area contributed by atoms with Gasteiger partial charge < -0.3 is 5.32 Å². The molecule has 0 spiro atoms. The Balaban J connectivity index is 1.64. The third kappa shape index (κ3) is 3.02. The van der Waals surface area contributed by atoms with Crippen LogP contribution in [-0.4, -0.2) is 22.6 Å². The van der Waals surface area contributed by atoms with Crippen LogP contribution >= 0.6 is 0 Å². The number of nitrogens with zero attached hydrogens (tertiary/aromatic N) is 1. The maximum Gasteiger partial charge on any atom is 0.276 e. The summed E-state index contributed by atoms with van der Waals surface area (Å²) in [5.41, 5.74) is 7.97. The number of carbonyl (C=O) groups is 1. The van der Waals surface area contributed by atoms with Gasteiger partial charge in [-0.1, -0.05) is 30.3 Å². The number of anilines is 1. The van der Waals surface area contributed by atoms with Crippen LogP contribution in [0.5, 0.6) is 0 Å². The molecule has 3 aromatic rings. The number of aromatic nitrogens is 2. The van der Waals surface area contributed by atoms with E-state index in [-0.39, 0.29) is 23.2 Å². The topological polar surface area (TPSA) is 98.9 Å². The molecule has 126 valence electrons. The van der Waals surface area contributed by atoms with E-state index in [2.05, 4.69) is 26.4 Å². The van der Waals surface area contributed by atoms with Gasteiger partial charge in [-0.2, -0.15) is 5.10 Å². The number of benzene rings is 2. The summed E-state index contributed by atoms with van der Waals surface area (Å²) in [4.78, 5) is 24.5. The van der Waals surface area contributed by atoms with Crippen molar-refractivity contribution in [3.05, 3.63) is 70.1 Å². The number of rotatable bonds is 3. The molecular weight excluding hydrogens is 318 g/mol. The molecule has 1 aromatic heterocycles. The summed E-state index contributed by atoms with van der Waals surface area (Å²) in [7, 11) is 0. The first-order chi connectivity index (χ1) is 12.2. The fourth-order valence-corrected chi connectivity index (χ4v) is 3.05. The molecule has 2 aromatic carbocycles. The molecule has 4 N–H and O–H groups in total. The van der Waals surface area contributed by atoms with Crippen molar-refractivity contribution in [3.8, 4) is 0 Å². The van der Waals surface area contributed by atoms with Crippen molar-refractivity contribution < 1.29 is 4.79 Å². The zero-order chi connectivity index (χ0) is 17.2. The Labute approximate surface area is 143 Å². The lowest BCUT2D eigenvalue weighted by Gasteiger charge is -2.12. The molecule has 7 heteroatoms. The number of nitrogens with one attached hydrogen (secondary N) is 4. The van der Waals surface area contributed by atoms with Crippen LogP contribution < -0.4 is 21.7 Å². The summed E-state index contributed by atoms with van der Waals surface area (Å²) in [5, 5.41) is 10.1. The predicted molar refractivity (Wildman–Crippen MR) is 95.3 cm³/mol. The van der Waals surface area contributed by atoms with Crippen molar-refractivity contribution in [1.29, 1.82) is 0 Å². The summed E-state index contributed by atoms with van der Waals surface area (Å²) in [6, 6.07) is 14.9. The molecule has 0 saturated carbocycles. The summed E-state index contributed by atoms with van der Waals surface area (Å²) in [6.07, 6.45) is 0.990. The number of hydrazine groups is 1. The van der Waals surface area contributed by atoms with E-state index in [9.17, 15) is 9.59 Å². The second kappa shape index (κ2) is 6.46. The molecule has 1 aliphatic heterocycles. The van der Waals surface area contributed by atoms with Gasteiger partial charge in [0.05, 0.1) is 5.39 Å². The van der Waals surface area contributed by atoms with Crippen molar-refractivity contribution in [2.24, 2.45) is 0 Å². The van der Waals surface area contributed by atoms with Crippen LogP contribution in [0.4, 0.5) is 5.69 Å². The molecule has 0 bridgehead atoms. The Bertz CT molecular complexity index is 992. The molecule has 1 unspecified atom stereocenters. The van der Waals surface area contributed by atoms with Gasteiger partial charge in [0.25, 0.3) is 11.5 Å². The molecule has 4 rings (SSSR count). The number of hydrogen-bond donors (Lipinski definition) is 4. The molecular formula is C18H17N5O2. The van der Waals surface area contributed by atoms with E-state index in [1.54, 1.807) is 24.3 Å². The zero-order valence-electron chi connectivity index (χ0n) is 13.4. The van der Waals surface area contributed by atoms with E-state index >= 15 is 0 Å². The molecule has 1 amide bonds. The first kappa shape index (κ1) is 15.5. The number of hydrogen-bond acceptors (Lipinski definition) is 5. The fraction of sp³-hybridized carbons (Fsp3) is 0.167. The summed E-state index contributed by atoms with van der Waals surface area (Å²) in [6.45, 7) is 0.911. The first-order valence-corrected chi connectivity index (χ1v) is 8.09. The normalized spacial score (nSPS) is 16.9. The smallest absolute Gasteiger partial charge is 0.276 e. The Morgan fingerprint density at radius 1 is 1.12 bits per heavy atom. The van der Waals surface area contributed by atoms with E-state index < -0.39 is 0 Å². The zero-order valence-corrected chi connectivity index (χ0v) is 13.4. The largest absolute Gasteiger partial charge is 0.321 e. The van der Waals surface area contributed by atoms with Crippen LogP contribution in [-0.2, 0) is 0 Å². The Kier molecular flexibility index (Phi) is 4.01. The van der Waals surface area contributed by atoms with Crippen LogP contribution in [0, 0.1) is 0 Å². The Morgan fingerprint density at radius 2 is 1.96 bits per heavy atom. The molecule has 0 aliphatic carbocycles. The number of fused-ring (bicyclic) bond motifs is 1. The highest BCUT2D eigenvalue weighted by Gasteiger charge is 2.17. The van der Waals surface area contributed by atoms with Gasteiger partial charge in [-0.3, -0.25) is 20.4 Å². The molecule has 0 radical (unpaired) electrons. The summed E-state index contributed by atoms with van der Waals surface area (Å²) < 4.78 is 0. The van der Waals surface area contributed by atoms with Crippen LogP contribution in [0.2, 0.25) is 0 Å². The van der Waals surface area contributed by atoms with E-state index in [0.29, 0.717) is 16.5 Å². The molecule has 1 aliphatic rings. The highest BCUT2D eigenvalue weighted by atomic mass is 16.2. The molecule has 1 atom stereocenters. The van der Waals surface area contributed by atoms with E-state index in [1.165, 1.54) is 0 Å². The lowest BCUT2D eigenvalue weighted by atomic mass is 10.0. The standard InChI is InChI=1S/C18H17N5O2/c24-17-14-7-2-1-6-13(14)16(22-23-17)18(25)20-12-5-3-4-11(10-12)15-8-9-19-21-15/h1-7,10,15,19,21H,8-9H2,(H,20,25)(H,23,24). The van der Waals surface area contributed by atoms with Crippen molar-refractivity contribution >= 4 is 22.4 Å². The number of amides is 1. The highest BCUT2D eigenvalue weighted by molar-refractivity contribution is 6.11. The summed E-state index contributed by atoms with van der Waals surface area (Å²) in [5.74, 6) is -0.359. The lowest BCUT2D eigenvalue weighted by molar-refractivity contribution is 0.102. The minimum atomic E-state index is -0.359. The predicted octanol–water partition coefficient (Wildman–Crippen LogP) is 1.71. The Hall–Kier alpha value is -3.03. The average Bonchev–Trinajstić information content (AvgIpc) is 3.17. The number of carbonyl (C=O) groups excluding carboxylic acids is 1. The third-order valence-corrected chi connectivity index (χ3v) is 4.29. The van der Waals surface area contributed by atoms with Gasteiger partial charge in [0.15, 0.2) is 5.69 Å². The van der Waals surface area contributed by atoms with Crippen LogP contribution in [0.25, 0.3) is 10.8 Å². The van der Waals surface area contributed by atoms with E-state index in [4.69, 9.17) is 0 Å². The lowest BCUT2D eigenvalue weighted by Crippen LogP contribution is -2.24. The van der Waals surface area contributed by atoms with Gasteiger partial charge in [0.2, 0.25) is 0 Å². The SMILES string of the molecule is O=C(Nc1cccc(C2CCNN2)c1)c1n[nH]c(=O)c2ccccc12. The maximum atomic E-state index is 12.6. The van der Waals surface area contributed by atoms with Crippen molar-refractivity contribution in [2.45, 2.75) is 12.5 Å². The summed E-state index contributed by atoms with van der Waals surface area (Å²) >= 11 is 0. The highest BCUT2D eigenvalue weighted by Crippen LogP contribution is 2.22. The van der Waals surface area contributed by atoms with E-state index in [1.807, 2.05) is 24.3 Å². The van der Waals surface area contributed by atoms with Gasteiger partial charge in [-0.05, 0) is 30.2 Å². The fourth-order valence-electron chi connectivity index (χ4n) is 3.05. The molecule has 7 nitrogen and oxygen atoms in total. The number of aromatic amines is 1. The molecule has 25 heavy (non-hydrogen) atoms. The minimum Gasteiger partial charge on any atom is -0.321 e. The quantitative estimate of drug-likeness (QED) is 0.584. The molecule has 1 saturated heterocycles. The second-order valence-corrected chi connectivity index (χ2v) is 5.94. The first-order valence-electron chi connectivity index (χ1n) is 8.09. The monoisotopic (exact) mass is 335 g/mol. The van der Waals surface area contributed by atoms with Gasteiger partial charge in [0.1, 0.15) is 0 Å². The second-order valence-electron chi connectivity index (χ2n) is 5.94. The van der Waals surface area contributed by atoms with Crippen molar-refractivity contribution in [3.63, 3.8) is 0 Å². The molecule has 2 heterocycles. The van der Waals surface area contributed by atoms with Gasteiger partial charge in [-0.25, -0.2) is 5.10 Å². The van der Waals surface area contributed by atoms with Crippen molar-refractivity contribution in [1.82, 2.24) is 21.0 Å². The van der Waals surface area contributed by atoms with Crippen LogP contribution in [0.15, 0.2) is 53.3 Å². The Morgan fingerprint density at radius 3 is 2.76 bits per heavy atom. The maximum absolute atomic E-state index is 12.6. The van der Waals surface area contributed by atoms with Gasteiger partial charge in [0, 0.05) is 23.7 Å². The van der Waals surface area contributed by atoms with Crippen molar-refractivity contribution in [2.75, 3.05) is 11.9 Å². The van der Waals surface area contributed by atoms with Crippen LogP contribution in [0.1, 0.15) is 28.5 Å². The molecule has 1 fully saturated rings. The number of H-pyrrole nitrogens is 1. The minimum absolute atomic E-state index is 0.196. The average molecular weight is 335 g/mol.